The standard InChI is InChI=1S/C15H31NO/c1-4-9-15(3,13-17)12-16-10-6-7-14(5-2)8-11-16/h14,17H,4-13H2,1-3H3. The highest BCUT2D eigenvalue weighted by atomic mass is 16.3. The van der Waals surface area contributed by atoms with Crippen molar-refractivity contribution in [1.82, 2.24) is 4.90 Å². The van der Waals surface area contributed by atoms with Gasteiger partial charge in [-0.25, -0.2) is 0 Å². The van der Waals surface area contributed by atoms with Gasteiger partial charge in [-0.15, -0.1) is 0 Å². The predicted octanol–water partition coefficient (Wildman–Crippen LogP) is 3.30. The summed E-state index contributed by atoms with van der Waals surface area (Å²) in [7, 11) is 0. The van der Waals surface area contributed by atoms with Gasteiger partial charge in [0.2, 0.25) is 0 Å². The Balaban J connectivity index is 2.44. The first-order chi connectivity index (χ1) is 8.13. The molecule has 1 rings (SSSR count). The maximum absolute atomic E-state index is 9.59. The molecule has 102 valence electrons. The molecule has 1 heterocycles. The molecule has 0 aromatic carbocycles. The van der Waals surface area contributed by atoms with Crippen LogP contribution in [0.25, 0.3) is 0 Å². The van der Waals surface area contributed by atoms with Gasteiger partial charge in [-0.05, 0) is 44.7 Å². The Kier molecular flexibility index (Phi) is 6.50. The number of aliphatic hydroxyl groups excluding tert-OH is 1. The molecule has 2 atom stereocenters. The van der Waals surface area contributed by atoms with Gasteiger partial charge in [0.1, 0.15) is 0 Å². The third kappa shape index (κ3) is 4.97. The van der Waals surface area contributed by atoms with Gasteiger partial charge in [-0.2, -0.15) is 0 Å². The number of hydrogen-bond donors (Lipinski definition) is 1. The van der Waals surface area contributed by atoms with Crippen LogP contribution >= 0.6 is 0 Å². The predicted molar refractivity (Wildman–Crippen MR) is 74.2 cm³/mol. The van der Waals surface area contributed by atoms with Crippen LogP contribution in [0.3, 0.4) is 0 Å². The van der Waals surface area contributed by atoms with E-state index in [0.29, 0.717) is 6.61 Å². The summed E-state index contributed by atoms with van der Waals surface area (Å²) in [6.07, 6.45) is 7.73. The minimum Gasteiger partial charge on any atom is -0.396 e. The molecule has 0 spiro atoms. The summed E-state index contributed by atoms with van der Waals surface area (Å²) in [5.74, 6) is 0.937. The van der Waals surface area contributed by atoms with Crippen LogP contribution in [0, 0.1) is 11.3 Å². The zero-order valence-corrected chi connectivity index (χ0v) is 12.0. The van der Waals surface area contributed by atoms with E-state index in [1.54, 1.807) is 0 Å². The fourth-order valence-electron chi connectivity index (χ4n) is 3.14. The van der Waals surface area contributed by atoms with Crippen molar-refractivity contribution in [2.45, 2.75) is 59.3 Å². The SMILES string of the molecule is CCCC(C)(CO)CN1CCCC(CC)CC1. The van der Waals surface area contributed by atoms with Gasteiger partial charge >= 0.3 is 0 Å². The van der Waals surface area contributed by atoms with Gasteiger partial charge < -0.3 is 10.0 Å². The average molecular weight is 241 g/mol. The molecule has 2 nitrogen and oxygen atoms in total. The van der Waals surface area contributed by atoms with E-state index in [2.05, 4.69) is 25.7 Å². The summed E-state index contributed by atoms with van der Waals surface area (Å²) in [6, 6.07) is 0. The number of likely N-dealkylation sites (tertiary alicyclic amines) is 1. The lowest BCUT2D eigenvalue weighted by Crippen LogP contribution is -2.39. The van der Waals surface area contributed by atoms with Gasteiger partial charge in [-0.1, -0.05) is 33.6 Å². The zero-order valence-electron chi connectivity index (χ0n) is 12.0. The highest BCUT2D eigenvalue weighted by molar-refractivity contribution is 4.79. The van der Waals surface area contributed by atoms with Crippen LogP contribution in [0.15, 0.2) is 0 Å². The topological polar surface area (TPSA) is 23.5 Å². The Labute approximate surface area is 107 Å². The number of aliphatic hydroxyl groups is 1. The minimum atomic E-state index is 0.112. The lowest BCUT2D eigenvalue weighted by atomic mass is 9.86. The van der Waals surface area contributed by atoms with Crippen LogP contribution in [0.4, 0.5) is 0 Å². The van der Waals surface area contributed by atoms with Crippen LogP contribution in [0.2, 0.25) is 0 Å². The van der Waals surface area contributed by atoms with Crippen LogP contribution < -0.4 is 0 Å². The molecule has 17 heavy (non-hydrogen) atoms. The molecule has 0 amide bonds. The Hall–Kier alpha value is -0.0800. The van der Waals surface area contributed by atoms with Gasteiger partial charge in [0, 0.05) is 18.6 Å². The van der Waals surface area contributed by atoms with Crippen molar-refractivity contribution in [2.24, 2.45) is 11.3 Å². The molecule has 0 aromatic rings. The molecule has 0 bridgehead atoms. The molecule has 2 unspecified atom stereocenters. The molecule has 1 saturated heterocycles. The molecule has 0 aromatic heterocycles. The summed E-state index contributed by atoms with van der Waals surface area (Å²) in [6.45, 7) is 10.6. The molecule has 1 fully saturated rings. The van der Waals surface area contributed by atoms with E-state index in [1.165, 1.54) is 45.2 Å². The van der Waals surface area contributed by atoms with Crippen LogP contribution in [-0.2, 0) is 0 Å². The minimum absolute atomic E-state index is 0.112. The van der Waals surface area contributed by atoms with Crippen molar-refractivity contribution in [3.8, 4) is 0 Å². The van der Waals surface area contributed by atoms with E-state index in [-0.39, 0.29) is 5.41 Å². The monoisotopic (exact) mass is 241 g/mol. The summed E-state index contributed by atoms with van der Waals surface area (Å²) in [5.41, 5.74) is 0.112. The van der Waals surface area contributed by atoms with Crippen molar-refractivity contribution in [3.63, 3.8) is 0 Å². The molecular formula is C15H31NO. The molecule has 1 aliphatic rings. The molecule has 0 saturated carbocycles. The molecular weight excluding hydrogens is 210 g/mol. The summed E-state index contributed by atoms with van der Waals surface area (Å²) in [5, 5.41) is 9.59. The van der Waals surface area contributed by atoms with Crippen LogP contribution in [0.1, 0.15) is 59.3 Å². The second-order valence-electron chi connectivity index (χ2n) is 6.20. The van der Waals surface area contributed by atoms with Crippen molar-refractivity contribution >= 4 is 0 Å². The van der Waals surface area contributed by atoms with Gasteiger partial charge in [-0.3, -0.25) is 0 Å². The van der Waals surface area contributed by atoms with Crippen LogP contribution in [0.5, 0.6) is 0 Å². The zero-order chi connectivity index (χ0) is 12.7. The first-order valence-electron chi connectivity index (χ1n) is 7.46. The fourth-order valence-corrected chi connectivity index (χ4v) is 3.14. The first-order valence-corrected chi connectivity index (χ1v) is 7.46. The number of rotatable bonds is 6. The van der Waals surface area contributed by atoms with E-state index in [4.69, 9.17) is 0 Å². The number of hydrogen-bond acceptors (Lipinski definition) is 2. The summed E-state index contributed by atoms with van der Waals surface area (Å²) >= 11 is 0. The van der Waals surface area contributed by atoms with E-state index in [0.717, 1.165) is 18.9 Å². The second kappa shape index (κ2) is 7.38. The van der Waals surface area contributed by atoms with Crippen molar-refractivity contribution in [3.05, 3.63) is 0 Å². The maximum atomic E-state index is 9.59. The van der Waals surface area contributed by atoms with E-state index in [9.17, 15) is 5.11 Å². The largest absolute Gasteiger partial charge is 0.396 e. The highest BCUT2D eigenvalue weighted by Gasteiger charge is 2.26. The molecule has 2 heteroatoms. The quantitative estimate of drug-likeness (QED) is 0.771. The molecule has 1 aliphatic heterocycles. The maximum Gasteiger partial charge on any atom is 0.0497 e. The Morgan fingerprint density at radius 2 is 2.00 bits per heavy atom. The van der Waals surface area contributed by atoms with E-state index in [1.807, 2.05) is 0 Å². The van der Waals surface area contributed by atoms with E-state index >= 15 is 0 Å². The number of nitrogens with zero attached hydrogens (tertiary/aromatic N) is 1. The van der Waals surface area contributed by atoms with Gasteiger partial charge in [0.05, 0.1) is 0 Å². The molecule has 0 radical (unpaired) electrons. The van der Waals surface area contributed by atoms with Gasteiger partial charge in [0.25, 0.3) is 0 Å². The third-order valence-electron chi connectivity index (χ3n) is 4.36. The Morgan fingerprint density at radius 1 is 1.24 bits per heavy atom. The van der Waals surface area contributed by atoms with Crippen molar-refractivity contribution in [2.75, 3.05) is 26.2 Å². The summed E-state index contributed by atoms with van der Waals surface area (Å²) < 4.78 is 0. The second-order valence-corrected chi connectivity index (χ2v) is 6.20. The molecule has 0 aliphatic carbocycles. The van der Waals surface area contributed by atoms with Gasteiger partial charge in [0.15, 0.2) is 0 Å². The van der Waals surface area contributed by atoms with E-state index < -0.39 is 0 Å². The molecule has 1 N–H and O–H groups in total. The first kappa shape index (κ1) is 15.0. The van der Waals surface area contributed by atoms with Crippen LogP contribution in [-0.4, -0.2) is 36.2 Å². The highest BCUT2D eigenvalue weighted by Crippen LogP contribution is 2.27. The Bertz CT molecular complexity index is 207. The third-order valence-corrected chi connectivity index (χ3v) is 4.36. The normalized spacial score (nSPS) is 26.5. The average Bonchev–Trinajstić information content (AvgIpc) is 2.54. The fraction of sp³-hybridized carbons (Fsp3) is 1.00. The van der Waals surface area contributed by atoms with Crippen molar-refractivity contribution in [1.29, 1.82) is 0 Å². The van der Waals surface area contributed by atoms with Crippen molar-refractivity contribution < 1.29 is 5.11 Å². The Morgan fingerprint density at radius 3 is 2.59 bits per heavy atom. The smallest absolute Gasteiger partial charge is 0.0497 e. The lowest BCUT2D eigenvalue weighted by Gasteiger charge is -2.33. The summed E-state index contributed by atoms with van der Waals surface area (Å²) in [4.78, 5) is 2.58. The lowest BCUT2D eigenvalue weighted by molar-refractivity contribution is 0.0807.